The maximum atomic E-state index is 12.3. The van der Waals surface area contributed by atoms with Crippen LogP contribution in [-0.2, 0) is 32.7 Å². The van der Waals surface area contributed by atoms with Crippen LogP contribution in [0.1, 0.15) is 187 Å². The molecule has 3 atom stereocenters. The maximum Gasteiger partial charge on any atom is 0.472 e. The van der Waals surface area contributed by atoms with Gasteiger partial charge in [0.1, 0.15) is 12.2 Å². The minimum atomic E-state index is -4.64. The molecule has 0 aromatic heterocycles. The summed E-state index contributed by atoms with van der Waals surface area (Å²) in [6.07, 6.45) is 39.8. The number of carbonyl (C=O) groups excluding carboxylic acids is 2. The summed E-state index contributed by atoms with van der Waals surface area (Å²) >= 11 is 0. The number of carbonyl (C=O) groups is 2. The highest BCUT2D eigenvalue weighted by Crippen LogP contribution is 2.43. The number of hydrogen-bond donors (Lipinski definition) is 3. The zero-order valence-corrected chi connectivity index (χ0v) is 35.1. The monoisotopic (exact) mass is 787 g/mol. The molecule has 0 aromatic rings. The highest BCUT2D eigenvalue weighted by molar-refractivity contribution is 7.47. The SMILES string of the molecule is CC/C=C\C/C=C\C/C=C\CCCCCC(=O)OC(CO)COP(=O)(O)OCC(CO)OC(=O)CCCCCCCCCCCCCCCCCCCC. The molecule has 0 radical (unpaired) electrons. The Kier molecular flexibility index (Phi) is 38.1. The largest absolute Gasteiger partial charge is 0.472 e. The molecule has 0 saturated heterocycles. The van der Waals surface area contributed by atoms with E-state index < -0.39 is 58.4 Å². The fraction of sp³-hybridized carbons (Fsp3) is 0.814. The number of hydrogen-bond acceptors (Lipinski definition) is 9. The molecule has 0 fully saturated rings. The number of aliphatic hydroxyl groups is 2. The van der Waals surface area contributed by atoms with Gasteiger partial charge in [0.05, 0.1) is 26.4 Å². The number of ether oxygens (including phenoxy) is 2. The predicted octanol–water partition coefficient (Wildman–Crippen LogP) is 11.2. The van der Waals surface area contributed by atoms with E-state index in [2.05, 4.69) is 50.3 Å². The van der Waals surface area contributed by atoms with Gasteiger partial charge in [-0.05, 0) is 44.9 Å². The summed E-state index contributed by atoms with van der Waals surface area (Å²) < 4.78 is 32.5. The van der Waals surface area contributed by atoms with Crippen LogP contribution in [0, 0.1) is 0 Å². The zero-order valence-electron chi connectivity index (χ0n) is 34.2. The van der Waals surface area contributed by atoms with Gasteiger partial charge in [-0.2, -0.15) is 0 Å². The molecule has 0 aliphatic rings. The zero-order chi connectivity index (χ0) is 39.8. The molecule has 11 heteroatoms. The Morgan fingerprint density at radius 2 is 0.870 bits per heavy atom. The predicted molar refractivity (Wildman–Crippen MR) is 219 cm³/mol. The van der Waals surface area contributed by atoms with Gasteiger partial charge in [0.2, 0.25) is 0 Å². The van der Waals surface area contributed by atoms with E-state index in [4.69, 9.17) is 18.5 Å². The van der Waals surface area contributed by atoms with Gasteiger partial charge in [-0.1, -0.05) is 166 Å². The minimum Gasteiger partial charge on any atom is -0.457 e. The van der Waals surface area contributed by atoms with Crippen molar-refractivity contribution in [2.24, 2.45) is 0 Å². The summed E-state index contributed by atoms with van der Waals surface area (Å²) in [5.41, 5.74) is 0. The first kappa shape index (κ1) is 52.2. The first-order valence-corrected chi connectivity index (χ1v) is 22.9. The van der Waals surface area contributed by atoms with Crippen molar-refractivity contribution in [2.75, 3.05) is 26.4 Å². The van der Waals surface area contributed by atoms with Gasteiger partial charge >= 0.3 is 19.8 Å². The molecule has 0 heterocycles. The van der Waals surface area contributed by atoms with E-state index in [1.807, 2.05) is 0 Å². The number of allylic oxidation sites excluding steroid dienone is 6. The van der Waals surface area contributed by atoms with Crippen molar-refractivity contribution in [3.8, 4) is 0 Å². The Bertz CT molecular complexity index is 999. The van der Waals surface area contributed by atoms with Gasteiger partial charge < -0.3 is 24.6 Å². The smallest absolute Gasteiger partial charge is 0.457 e. The molecule has 0 amide bonds. The molecule has 3 unspecified atom stereocenters. The van der Waals surface area contributed by atoms with Crippen LogP contribution < -0.4 is 0 Å². The Balaban J connectivity index is 3.92. The topological polar surface area (TPSA) is 149 Å². The van der Waals surface area contributed by atoms with E-state index in [9.17, 15) is 29.3 Å². The quantitative estimate of drug-likeness (QED) is 0.0237. The van der Waals surface area contributed by atoms with Crippen LogP contribution in [0.2, 0.25) is 0 Å². The Morgan fingerprint density at radius 3 is 1.26 bits per heavy atom. The number of phosphoric ester groups is 1. The Hall–Kier alpha value is -1.81. The number of phosphoric acid groups is 1. The van der Waals surface area contributed by atoms with Crippen LogP contribution in [0.25, 0.3) is 0 Å². The summed E-state index contributed by atoms with van der Waals surface area (Å²) in [6.45, 7) is 2.07. The third-order valence-electron chi connectivity index (χ3n) is 9.12. The first-order chi connectivity index (χ1) is 26.3. The normalized spacial score (nSPS) is 14.2. The summed E-state index contributed by atoms with van der Waals surface area (Å²) in [5, 5.41) is 19.1. The number of rotatable bonds is 40. The molecular weight excluding hydrogens is 707 g/mol. The summed E-state index contributed by atoms with van der Waals surface area (Å²) in [7, 11) is -4.64. The molecule has 0 aliphatic carbocycles. The van der Waals surface area contributed by atoms with Crippen LogP contribution in [0.4, 0.5) is 0 Å². The van der Waals surface area contributed by atoms with Crippen LogP contribution >= 0.6 is 7.82 Å². The van der Waals surface area contributed by atoms with Gasteiger partial charge in [0.15, 0.2) is 0 Å². The molecule has 0 saturated carbocycles. The van der Waals surface area contributed by atoms with Crippen molar-refractivity contribution >= 4 is 19.8 Å². The van der Waals surface area contributed by atoms with Crippen molar-refractivity contribution in [1.29, 1.82) is 0 Å². The fourth-order valence-corrected chi connectivity index (χ4v) is 6.62. The lowest BCUT2D eigenvalue weighted by atomic mass is 10.0. The minimum absolute atomic E-state index is 0.157. The van der Waals surface area contributed by atoms with Crippen LogP contribution in [0.15, 0.2) is 36.5 Å². The van der Waals surface area contributed by atoms with Crippen LogP contribution in [0.5, 0.6) is 0 Å². The first-order valence-electron chi connectivity index (χ1n) is 21.4. The molecule has 0 aliphatic heterocycles. The molecular formula is C43H79O10P. The van der Waals surface area contributed by atoms with Gasteiger partial charge in [0, 0.05) is 12.8 Å². The van der Waals surface area contributed by atoms with Crippen molar-refractivity contribution in [3.05, 3.63) is 36.5 Å². The summed E-state index contributed by atoms with van der Waals surface area (Å²) in [4.78, 5) is 34.5. The average molecular weight is 787 g/mol. The number of unbranched alkanes of at least 4 members (excludes halogenated alkanes) is 20. The second-order valence-corrected chi connectivity index (χ2v) is 15.8. The van der Waals surface area contributed by atoms with Crippen LogP contribution in [0.3, 0.4) is 0 Å². The molecule has 0 rings (SSSR count). The lowest BCUT2D eigenvalue weighted by molar-refractivity contribution is -0.153. The van der Waals surface area contributed by atoms with Crippen molar-refractivity contribution in [2.45, 2.75) is 199 Å². The van der Waals surface area contributed by atoms with Gasteiger partial charge in [-0.3, -0.25) is 18.6 Å². The van der Waals surface area contributed by atoms with E-state index in [-0.39, 0.29) is 12.8 Å². The van der Waals surface area contributed by atoms with Gasteiger partial charge in [-0.25, -0.2) is 4.57 Å². The molecule has 3 N–H and O–H groups in total. The average Bonchev–Trinajstić information content (AvgIpc) is 3.16. The molecule has 0 spiro atoms. The maximum absolute atomic E-state index is 12.3. The standard InChI is InChI=1S/C43H79O10P/c1-3-5-7-9-11-13-15-17-18-19-20-21-23-25-27-29-31-33-35-43(47)53-41(37-45)39-51-54(48,49)50-38-40(36-44)52-42(46)34-32-30-28-26-24-22-16-14-12-10-8-6-4-2/h6,8,12,14,22,24,40-41,44-45H,3-5,7,9-11,13,15-21,23,25-39H2,1-2H3,(H,48,49)/b8-6-,14-12-,24-22-. The van der Waals surface area contributed by atoms with E-state index >= 15 is 0 Å². The third kappa shape index (κ3) is 37.1. The Labute approximate surface area is 329 Å². The number of aliphatic hydroxyl groups excluding tert-OH is 2. The van der Waals surface area contributed by atoms with Gasteiger partial charge in [0.25, 0.3) is 0 Å². The molecule has 0 aromatic carbocycles. The van der Waals surface area contributed by atoms with E-state index in [0.717, 1.165) is 57.8 Å². The Morgan fingerprint density at radius 1 is 0.519 bits per heavy atom. The highest BCUT2D eigenvalue weighted by atomic mass is 31.2. The second-order valence-electron chi connectivity index (χ2n) is 14.3. The van der Waals surface area contributed by atoms with Crippen molar-refractivity contribution < 1.29 is 47.8 Å². The number of esters is 2. The van der Waals surface area contributed by atoms with E-state index in [0.29, 0.717) is 12.8 Å². The van der Waals surface area contributed by atoms with Crippen LogP contribution in [-0.4, -0.2) is 65.7 Å². The van der Waals surface area contributed by atoms with Crippen molar-refractivity contribution in [1.82, 2.24) is 0 Å². The van der Waals surface area contributed by atoms with E-state index in [1.54, 1.807) is 0 Å². The van der Waals surface area contributed by atoms with Crippen molar-refractivity contribution in [3.63, 3.8) is 0 Å². The lowest BCUT2D eigenvalue weighted by Gasteiger charge is -2.20. The highest BCUT2D eigenvalue weighted by Gasteiger charge is 2.27. The summed E-state index contributed by atoms with van der Waals surface area (Å²) in [5.74, 6) is -1.04. The molecule has 54 heavy (non-hydrogen) atoms. The van der Waals surface area contributed by atoms with E-state index in [1.165, 1.54) is 89.9 Å². The van der Waals surface area contributed by atoms with Gasteiger partial charge in [-0.15, -0.1) is 0 Å². The lowest BCUT2D eigenvalue weighted by Crippen LogP contribution is -2.28. The second kappa shape index (κ2) is 39.4. The molecule has 0 bridgehead atoms. The molecule has 316 valence electrons. The third-order valence-corrected chi connectivity index (χ3v) is 10.1. The molecule has 10 nitrogen and oxygen atoms in total. The summed E-state index contributed by atoms with van der Waals surface area (Å²) in [6, 6.07) is 0. The fourth-order valence-electron chi connectivity index (χ4n) is 5.84.